The average Bonchev–Trinajstić information content (AvgIpc) is 2.57. The number of hydrogen-bond donors (Lipinski definition) is 2. The van der Waals surface area contributed by atoms with Crippen molar-refractivity contribution in [1.82, 2.24) is 9.97 Å². The van der Waals surface area contributed by atoms with E-state index in [-0.39, 0.29) is 5.92 Å². The molecule has 0 aliphatic carbocycles. The van der Waals surface area contributed by atoms with Gasteiger partial charge in [-0.3, -0.25) is 4.79 Å². The number of rotatable bonds is 4. The predicted molar refractivity (Wildman–Crippen MR) is 99.1 cm³/mol. The first kappa shape index (κ1) is 17.8. The van der Waals surface area contributed by atoms with Gasteiger partial charge in [0.1, 0.15) is 5.82 Å². The Hall–Kier alpha value is -2.05. The fourth-order valence-corrected chi connectivity index (χ4v) is 3.29. The molecule has 1 aliphatic rings. The number of aryl methyl sites for hydroxylation is 1. The number of aliphatic carboxylic acids is 1. The maximum atomic E-state index is 11.1. The minimum absolute atomic E-state index is 0.273. The normalized spacial score (nSPS) is 15.2. The number of nitrogens with one attached hydrogen (secondary N) is 1. The molecule has 8 heteroatoms. The van der Waals surface area contributed by atoms with E-state index in [0.29, 0.717) is 47.6 Å². The Bertz CT molecular complexity index is 792. The van der Waals surface area contributed by atoms with Crippen LogP contribution in [0.1, 0.15) is 18.5 Å². The molecule has 0 atom stereocenters. The number of benzene rings is 1. The minimum atomic E-state index is -0.724. The summed E-state index contributed by atoms with van der Waals surface area (Å²) in [5.41, 5.74) is 1.49. The number of halogens is 2. The van der Waals surface area contributed by atoms with E-state index in [9.17, 15) is 4.79 Å². The lowest BCUT2D eigenvalue weighted by molar-refractivity contribution is -0.142. The van der Waals surface area contributed by atoms with Gasteiger partial charge in [0.25, 0.3) is 0 Å². The van der Waals surface area contributed by atoms with Crippen molar-refractivity contribution in [2.24, 2.45) is 5.92 Å². The Morgan fingerprint density at radius 3 is 2.60 bits per heavy atom. The van der Waals surface area contributed by atoms with Gasteiger partial charge in [-0.05, 0) is 38.0 Å². The molecule has 25 heavy (non-hydrogen) atoms. The molecule has 0 radical (unpaired) electrons. The van der Waals surface area contributed by atoms with Crippen LogP contribution in [0.5, 0.6) is 0 Å². The van der Waals surface area contributed by atoms with Crippen LogP contribution in [0.15, 0.2) is 24.3 Å². The smallest absolute Gasteiger partial charge is 0.306 e. The van der Waals surface area contributed by atoms with Gasteiger partial charge in [0, 0.05) is 29.9 Å². The molecule has 1 aliphatic heterocycles. The van der Waals surface area contributed by atoms with Crippen molar-refractivity contribution in [3.8, 4) is 0 Å². The molecule has 0 unspecified atom stereocenters. The van der Waals surface area contributed by atoms with Crippen LogP contribution in [-0.4, -0.2) is 34.1 Å². The lowest BCUT2D eigenvalue weighted by Gasteiger charge is -2.31. The molecule has 0 saturated carbocycles. The van der Waals surface area contributed by atoms with Crippen LogP contribution < -0.4 is 10.2 Å². The molecule has 2 aromatic rings. The summed E-state index contributed by atoms with van der Waals surface area (Å²) in [5, 5.41) is 13.3. The number of carbonyl (C=O) groups is 1. The largest absolute Gasteiger partial charge is 0.481 e. The Kier molecular flexibility index (Phi) is 5.30. The van der Waals surface area contributed by atoms with Gasteiger partial charge in [-0.2, -0.15) is 4.98 Å². The molecule has 1 aromatic carbocycles. The molecule has 2 heterocycles. The zero-order chi connectivity index (χ0) is 18.0. The highest BCUT2D eigenvalue weighted by Crippen LogP contribution is 2.28. The second-order valence-electron chi connectivity index (χ2n) is 6.04. The number of aromatic nitrogens is 2. The van der Waals surface area contributed by atoms with Gasteiger partial charge in [0.05, 0.1) is 16.6 Å². The van der Waals surface area contributed by atoms with Crippen LogP contribution in [0.4, 0.5) is 17.5 Å². The Morgan fingerprint density at radius 1 is 1.24 bits per heavy atom. The van der Waals surface area contributed by atoms with Crippen molar-refractivity contribution in [3.05, 3.63) is 40.0 Å². The van der Waals surface area contributed by atoms with Gasteiger partial charge in [0.15, 0.2) is 0 Å². The summed E-state index contributed by atoms with van der Waals surface area (Å²) < 4.78 is 0. The zero-order valence-corrected chi connectivity index (χ0v) is 15.2. The number of hydrogen-bond acceptors (Lipinski definition) is 5. The summed E-state index contributed by atoms with van der Waals surface area (Å²) in [5.74, 6) is 0.228. The first-order chi connectivity index (χ1) is 11.9. The lowest BCUT2D eigenvalue weighted by atomic mass is 9.97. The van der Waals surface area contributed by atoms with Crippen molar-refractivity contribution >= 4 is 46.6 Å². The third-order valence-corrected chi connectivity index (χ3v) is 4.73. The van der Waals surface area contributed by atoms with Crippen LogP contribution in [0.3, 0.4) is 0 Å². The second kappa shape index (κ2) is 7.45. The Labute approximate surface area is 155 Å². The summed E-state index contributed by atoms with van der Waals surface area (Å²) in [7, 11) is 0. The van der Waals surface area contributed by atoms with E-state index in [0.717, 1.165) is 11.5 Å². The van der Waals surface area contributed by atoms with Crippen LogP contribution in [-0.2, 0) is 4.79 Å². The van der Waals surface area contributed by atoms with Crippen LogP contribution in [0, 0.1) is 12.8 Å². The maximum Gasteiger partial charge on any atom is 0.306 e. The first-order valence-electron chi connectivity index (χ1n) is 7.98. The number of carboxylic acids is 1. The van der Waals surface area contributed by atoms with Gasteiger partial charge in [-0.1, -0.05) is 23.2 Å². The highest BCUT2D eigenvalue weighted by molar-refractivity contribution is 6.36. The average molecular weight is 381 g/mol. The molecule has 0 bridgehead atoms. The highest BCUT2D eigenvalue weighted by atomic mass is 35.5. The maximum absolute atomic E-state index is 11.1. The van der Waals surface area contributed by atoms with E-state index in [2.05, 4.69) is 20.2 Å². The predicted octanol–water partition coefficient (Wildman–Crippen LogP) is 4.14. The van der Waals surface area contributed by atoms with Crippen molar-refractivity contribution in [2.75, 3.05) is 23.3 Å². The Morgan fingerprint density at radius 2 is 1.96 bits per heavy atom. The standard InChI is InChI=1S/C17H18Cl2N4O2/c1-10-8-15(23-6-4-11(5-7-23)16(24)25)22-17(20-10)21-14-3-2-12(18)9-13(14)19/h2-3,8-9,11H,4-7H2,1H3,(H,24,25)(H,20,21,22). The van der Waals surface area contributed by atoms with E-state index >= 15 is 0 Å². The molecular formula is C17H18Cl2N4O2. The molecule has 6 nitrogen and oxygen atoms in total. The highest BCUT2D eigenvalue weighted by Gasteiger charge is 2.25. The summed E-state index contributed by atoms with van der Waals surface area (Å²) in [6.07, 6.45) is 1.23. The van der Waals surface area contributed by atoms with Gasteiger partial charge < -0.3 is 15.3 Å². The van der Waals surface area contributed by atoms with Gasteiger partial charge in [-0.25, -0.2) is 4.98 Å². The quantitative estimate of drug-likeness (QED) is 0.829. The molecule has 1 saturated heterocycles. The van der Waals surface area contributed by atoms with Crippen molar-refractivity contribution in [2.45, 2.75) is 19.8 Å². The van der Waals surface area contributed by atoms with E-state index in [1.807, 2.05) is 13.0 Å². The lowest BCUT2D eigenvalue weighted by Crippen LogP contribution is -2.36. The fourth-order valence-electron chi connectivity index (χ4n) is 2.84. The number of anilines is 3. The third kappa shape index (κ3) is 4.32. The minimum Gasteiger partial charge on any atom is -0.481 e. The molecular weight excluding hydrogens is 363 g/mol. The van der Waals surface area contributed by atoms with Gasteiger partial charge >= 0.3 is 5.97 Å². The number of piperidine rings is 1. The monoisotopic (exact) mass is 380 g/mol. The van der Waals surface area contributed by atoms with Crippen LogP contribution >= 0.6 is 23.2 Å². The molecule has 1 fully saturated rings. The third-order valence-electron chi connectivity index (χ3n) is 4.19. The summed E-state index contributed by atoms with van der Waals surface area (Å²) >= 11 is 12.1. The van der Waals surface area contributed by atoms with E-state index < -0.39 is 5.97 Å². The van der Waals surface area contributed by atoms with E-state index in [1.165, 1.54) is 0 Å². The van der Waals surface area contributed by atoms with Gasteiger partial charge in [0.2, 0.25) is 5.95 Å². The molecule has 1 aromatic heterocycles. The SMILES string of the molecule is Cc1cc(N2CCC(C(=O)O)CC2)nc(Nc2ccc(Cl)cc2Cl)n1. The van der Waals surface area contributed by atoms with Crippen LogP contribution in [0.25, 0.3) is 0 Å². The Balaban J connectivity index is 1.78. The second-order valence-corrected chi connectivity index (χ2v) is 6.88. The van der Waals surface area contributed by atoms with Crippen molar-refractivity contribution in [1.29, 1.82) is 0 Å². The summed E-state index contributed by atoms with van der Waals surface area (Å²) in [4.78, 5) is 22.1. The van der Waals surface area contributed by atoms with Crippen molar-refractivity contribution < 1.29 is 9.90 Å². The number of carboxylic acid groups (broad SMARTS) is 1. The van der Waals surface area contributed by atoms with Crippen molar-refractivity contribution in [3.63, 3.8) is 0 Å². The fraction of sp³-hybridized carbons (Fsp3) is 0.353. The molecule has 2 N–H and O–H groups in total. The summed E-state index contributed by atoms with van der Waals surface area (Å²) in [6, 6.07) is 7.06. The molecule has 132 valence electrons. The topological polar surface area (TPSA) is 78.4 Å². The zero-order valence-electron chi connectivity index (χ0n) is 13.7. The van der Waals surface area contributed by atoms with Gasteiger partial charge in [-0.15, -0.1) is 0 Å². The molecule has 3 rings (SSSR count). The first-order valence-corrected chi connectivity index (χ1v) is 8.73. The molecule has 0 amide bonds. The molecule has 0 spiro atoms. The summed E-state index contributed by atoms with van der Waals surface area (Å²) in [6.45, 7) is 3.22. The van der Waals surface area contributed by atoms with E-state index in [1.54, 1.807) is 18.2 Å². The van der Waals surface area contributed by atoms with E-state index in [4.69, 9.17) is 28.3 Å². The van der Waals surface area contributed by atoms with Crippen LogP contribution in [0.2, 0.25) is 10.0 Å². The number of nitrogens with zero attached hydrogens (tertiary/aromatic N) is 3.